The van der Waals surface area contributed by atoms with Crippen molar-refractivity contribution in [3.8, 4) is 0 Å². The van der Waals surface area contributed by atoms with E-state index in [0.717, 1.165) is 6.42 Å². The van der Waals surface area contributed by atoms with Gasteiger partial charge in [0, 0.05) is 0 Å². The fourth-order valence-electron chi connectivity index (χ4n) is 0. The molecule has 0 rings (SSSR count). The first kappa shape index (κ1) is 9.74. The van der Waals surface area contributed by atoms with Crippen molar-refractivity contribution in [2.24, 2.45) is 0 Å². The molecule has 0 aromatic heterocycles. The summed E-state index contributed by atoms with van der Waals surface area (Å²) in [5.41, 5.74) is 0. The first-order valence-corrected chi connectivity index (χ1v) is 2.39. The maximum absolute atomic E-state index is 5.77. The highest BCUT2D eigenvalue weighted by Gasteiger charge is 1.45. The van der Waals surface area contributed by atoms with Crippen LogP contribution in [0.3, 0.4) is 0 Å². The molecule has 7 heavy (non-hydrogen) atoms. The Morgan fingerprint density at radius 1 is 2.00 bits per heavy atom. The van der Waals surface area contributed by atoms with Crippen molar-refractivity contribution in [2.45, 2.75) is 13.3 Å². The summed E-state index contributed by atoms with van der Waals surface area (Å²) in [5.74, 6) is 0. The SMILES string of the molecule is C=CCC.N=C=S. The van der Waals surface area contributed by atoms with Gasteiger partial charge in [0.1, 0.15) is 0 Å². The predicted octanol–water partition coefficient (Wildman–Crippen LogP) is 2.25. The van der Waals surface area contributed by atoms with E-state index >= 15 is 0 Å². The molecule has 1 N–H and O–H groups in total. The highest BCUT2D eigenvalue weighted by atomic mass is 32.1. The summed E-state index contributed by atoms with van der Waals surface area (Å²) < 4.78 is 0. The summed E-state index contributed by atoms with van der Waals surface area (Å²) in [5, 5.41) is 7.36. The molecule has 0 aromatic rings. The van der Waals surface area contributed by atoms with Crippen LogP contribution in [0.2, 0.25) is 0 Å². The molecule has 1 nitrogen and oxygen atoms in total. The van der Waals surface area contributed by atoms with Crippen molar-refractivity contribution in [1.29, 1.82) is 5.41 Å². The average Bonchev–Trinajstić information content (AvgIpc) is 1.69. The molecule has 0 radical (unpaired) electrons. The van der Waals surface area contributed by atoms with Crippen molar-refractivity contribution in [3.05, 3.63) is 12.7 Å². The Morgan fingerprint density at radius 3 is 2.14 bits per heavy atom. The van der Waals surface area contributed by atoms with E-state index in [1.165, 1.54) is 0 Å². The van der Waals surface area contributed by atoms with Crippen LogP contribution in [0.1, 0.15) is 13.3 Å². The van der Waals surface area contributed by atoms with Gasteiger partial charge in [-0.2, -0.15) is 0 Å². The van der Waals surface area contributed by atoms with E-state index in [4.69, 9.17) is 5.41 Å². The Hall–Kier alpha value is -0.460. The zero-order chi connectivity index (χ0) is 6.12. The van der Waals surface area contributed by atoms with Crippen LogP contribution in [-0.4, -0.2) is 5.16 Å². The normalized spacial score (nSPS) is 4.71. The van der Waals surface area contributed by atoms with Gasteiger partial charge in [0.05, 0.1) is 5.16 Å². The highest BCUT2D eigenvalue weighted by Crippen LogP contribution is 1.66. The Bertz CT molecular complexity index is 62.5. The number of thiocarbonyl (C=S) groups is 1. The van der Waals surface area contributed by atoms with Crippen molar-refractivity contribution in [2.75, 3.05) is 0 Å². The average molecular weight is 115 g/mol. The van der Waals surface area contributed by atoms with Gasteiger partial charge in [-0.1, -0.05) is 13.0 Å². The van der Waals surface area contributed by atoms with Crippen molar-refractivity contribution in [1.82, 2.24) is 0 Å². The van der Waals surface area contributed by atoms with Crippen molar-refractivity contribution >= 4 is 17.4 Å². The first-order valence-electron chi connectivity index (χ1n) is 1.98. The second-order valence-corrected chi connectivity index (χ2v) is 1.00. The van der Waals surface area contributed by atoms with Gasteiger partial charge in [-0.05, 0) is 18.6 Å². The third-order valence-electron chi connectivity index (χ3n) is 0.289. The lowest BCUT2D eigenvalue weighted by Crippen LogP contribution is -1.36. The largest absolute Gasteiger partial charge is 0.248 e. The number of isothiocyanates is 1. The van der Waals surface area contributed by atoms with Crippen LogP contribution in [0.15, 0.2) is 12.7 Å². The second-order valence-electron chi connectivity index (χ2n) is 0.799. The fourth-order valence-corrected chi connectivity index (χ4v) is 0. The molecule has 2 heteroatoms. The van der Waals surface area contributed by atoms with Crippen molar-refractivity contribution < 1.29 is 0 Å². The Kier molecular flexibility index (Phi) is 24.6. The summed E-state index contributed by atoms with van der Waals surface area (Å²) in [6.07, 6.45) is 2.96. The molecule has 0 aromatic carbocycles. The van der Waals surface area contributed by atoms with E-state index in [0.29, 0.717) is 0 Å². The highest BCUT2D eigenvalue weighted by molar-refractivity contribution is 7.78. The minimum Gasteiger partial charge on any atom is -0.248 e. The van der Waals surface area contributed by atoms with E-state index in [2.05, 4.69) is 25.7 Å². The molecule has 0 aliphatic carbocycles. The summed E-state index contributed by atoms with van der Waals surface area (Å²) in [6, 6.07) is 0. The Labute approximate surface area is 49.6 Å². The van der Waals surface area contributed by atoms with Gasteiger partial charge in [-0.15, -0.1) is 6.58 Å². The van der Waals surface area contributed by atoms with E-state index in [1.54, 1.807) is 5.16 Å². The van der Waals surface area contributed by atoms with Gasteiger partial charge in [-0.3, -0.25) is 0 Å². The summed E-state index contributed by atoms with van der Waals surface area (Å²) >= 11 is 3.81. The minimum absolute atomic E-state index is 1.08. The van der Waals surface area contributed by atoms with Gasteiger partial charge < -0.3 is 0 Å². The fraction of sp³-hybridized carbons (Fsp3) is 0.400. The monoisotopic (exact) mass is 115 g/mol. The lowest BCUT2D eigenvalue weighted by molar-refractivity contribution is 1.23. The summed E-state index contributed by atoms with van der Waals surface area (Å²) in [7, 11) is 0. The molecule has 0 unspecified atom stereocenters. The smallest absolute Gasteiger partial charge is 0.0554 e. The predicted molar refractivity (Wildman–Crippen MR) is 35.8 cm³/mol. The molecule has 0 fully saturated rings. The molecule has 0 saturated carbocycles. The molecular weight excluding hydrogens is 106 g/mol. The van der Waals surface area contributed by atoms with E-state index in [1.807, 2.05) is 6.08 Å². The molecule has 0 heterocycles. The van der Waals surface area contributed by atoms with Crippen molar-refractivity contribution in [3.63, 3.8) is 0 Å². The van der Waals surface area contributed by atoms with E-state index in [9.17, 15) is 0 Å². The molecule has 0 saturated heterocycles. The van der Waals surface area contributed by atoms with E-state index < -0.39 is 0 Å². The third-order valence-corrected chi connectivity index (χ3v) is 0.289. The quantitative estimate of drug-likeness (QED) is 0.316. The van der Waals surface area contributed by atoms with Crippen LogP contribution in [0, 0.1) is 5.41 Å². The van der Waals surface area contributed by atoms with Gasteiger partial charge >= 0.3 is 0 Å². The van der Waals surface area contributed by atoms with Crippen LogP contribution >= 0.6 is 12.2 Å². The van der Waals surface area contributed by atoms with Gasteiger partial charge in [-0.25, -0.2) is 5.41 Å². The second kappa shape index (κ2) is 17.7. The molecule has 0 atom stereocenters. The van der Waals surface area contributed by atoms with Gasteiger partial charge in [0.25, 0.3) is 0 Å². The lowest BCUT2D eigenvalue weighted by atomic mass is 10.5. The van der Waals surface area contributed by atoms with Gasteiger partial charge in [0.15, 0.2) is 0 Å². The number of hydrogen-bond acceptors (Lipinski definition) is 2. The number of hydrogen-bond donors (Lipinski definition) is 1. The van der Waals surface area contributed by atoms with Gasteiger partial charge in [0.2, 0.25) is 0 Å². The minimum atomic E-state index is 1.08. The number of allylic oxidation sites excluding steroid dienone is 1. The molecule has 40 valence electrons. The maximum Gasteiger partial charge on any atom is 0.0554 e. The summed E-state index contributed by atoms with van der Waals surface area (Å²) in [6.45, 7) is 5.54. The van der Waals surface area contributed by atoms with Crippen LogP contribution in [0.5, 0.6) is 0 Å². The zero-order valence-corrected chi connectivity index (χ0v) is 5.22. The number of nitrogens with one attached hydrogen (secondary N) is 1. The van der Waals surface area contributed by atoms with E-state index in [-0.39, 0.29) is 0 Å². The molecule has 0 bridgehead atoms. The van der Waals surface area contributed by atoms with Crippen LogP contribution < -0.4 is 0 Å². The topological polar surface area (TPSA) is 23.9 Å². The number of rotatable bonds is 1. The lowest BCUT2D eigenvalue weighted by Gasteiger charge is -1.57. The van der Waals surface area contributed by atoms with Crippen LogP contribution in [0.4, 0.5) is 0 Å². The van der Waals surface area contributed by atoms with Crippen LogP contribution in [-0.2, 0) is 0 Å². The zero-order valence-electron chi connectivity index (χ0n) is 4.40. The molecule has 0 aliphatic heterocycles. The Morgan fingerprint density at radius 2 is 2.14 bits per heavy atom. The Balaban J connectivity index is 0. The molecular formula is C5H9NS. The molecule has 0 spiro atoms. The molecule has 0 aliphatic rings. The first-order chi connectivity index (χ1) is 3.33. The standard InChI is InChI=1S/C4H8.CHNS/c1-3-4-2;2-1-3/h3H,1,4H2,2H3;2H. The third kappa shape index (κ3) is 238. The molecule has 0 amide bonds. The maximum atomic E-state index is 5.77. The summed E-state index contributed by atoms with van der Waals surface area (Å²) in [4.78, 5) is 0. The van der Waals surface area contributed by atoms with Crippen LogP contribution in [0.25, 0.3) is 0 Å².